The first kappa shape index (κ1) is 17.9. The Kier molecular flexibility index (Phi) is 4.85. The third-order valence-corrected chi connectivity index (χ3v) is 5.02. The molecule has 0 aliphatic carbocycles. The second-order valence-electron chi connectivity index (χ2n) is 6.72. The molecule has 1 amide bonds. The van der Waals surface area contributed by atoms with Gasteiger partial charge in [-0.3, -0.25) is 4.79 Å². The van der Waals surface area contributed by atoms with Crippen LogP contribution in [0, 0.1) is 0 Å². The molecule has 1 aliphatic heterocycles. The molecule has 1 unspecified atom stereocenters. The number of nitrogens with zero attached hydrogens (tertiary/aromatic N) is 1. The fourth-order valence-electron chi connectivity index (χ4n) is 3.64. The number of aliphatic hydroxyl groups excluding tert-OH is 1. The molecule has 140 valence electrons. The normalized spacial score (nSPS) is 16.5. The average molecular weight is 371 g/mol. The molecule has 0 aromatic heterocycles. The number of carbonyl (C=O) groups is 1. The van der Waals surface area contributed by atoms with Crippen LogP contribution in [0.3, 0.4) is 0 Å². The third kappa shape index (κ3) is 3.25. The van der Waals surface area contributed by atoms with Gasteiger partial charge in [-0.05, 0) is 28.8 Å². The number of ether oxygens (including phenoxy) is 1. The predicted molar refractivity (Wildman–Crippen MR) is 109 cm³/mol. The monoisotopic (exact) mass is 371 g/mol. The minimum atomic E-state index is -0.358. The zero-order valence-electron chi connectivity index (χ0n) is 15.6. The lowest BCUT2D eigenvalue weighted by Gasteiger charge is -2.27. The highest BCUT2D eigenvalue weighted by Gasteiger charge is 2.40. The van der Waals surface area contributed by atoms with Crippen molar-refractivity contribution in [1.82, 2.24) is 4.90 Å². The molecular weight excluding hydrogens is 350 g/mol. The van der Waals surface area contributed by atoms with Crippen LogP contribution in [0.15, 0.2) is 90.7 Å². The maximum Gasteiger partial charge on any atom is 0.290 e. The summed E-state index contributed by atoms with van der Waals surface area (Å²) in [5.74, 6) is 0.221. The van der Waals surface area contributed by atoms with Gasteiger partial charge in [-0.1, -0.05) is 72.8 Å². The fraction of sp³-hybridized carbons (Fsp3) is 0.125. The summed E-state index contributed by atoms with van der Waals surface area (Å²) in [6.07, 6.45) is 0. The summed E-state index contributed by atoms with van der Waals surface area (Å²) in [6.45, 7) is 0.392. The third-order valence-electron chi connectivity index (χ3n) is 5.02. The average Bonchev–Trinajstić information content (AvgIpc) is 3.00. The van der Waals surface area contributed by atoms with Gasteiger partial charge < -0.3 is 14.7 Å². The Morgan fingerprint density at radius 1 is 0.893 bits per heavy atom. The SMILES string of the molecule is COc1ccc(CN2C(=O)C(O)=C(c3ccccc3)C2c2ccccc2)cc1. The molecule has 4 heteroatoms. The minimum Gasteiger partial charge on any atom is -0.503 e. The van der Waals surface area contributed by atoms with Crippen LogP contribution < -0.4 is 4.74 Å². The van der Waals surface area contributed by atoms with Crippen molar-refractivity contribution < 1.29 is 14.6 Å². The van der Waals surface area contributed by atoms with Crippen molar-refractivity contribution in [2.24, 2.45) is 0 Å². The van der Waals surface area contributed by atoms with E-state index in [2.05, 4.69) is 0 Å². The zero-order valence-corrected chi connectivity index (χ0v) is 15.6. The Hall–Kier alpha value is -3.53. The molecule has 4 rings (SSSR count). The van der Waals surface area contributed by atoms with Crippen molar-refractivity contribution in [1.29, 1.82) is 0 Å². The lowest BCUT2D eigenvalue weighted by molar-refractivity contribution is -0.130. The summed E-state index contributed by atoms with van der Waals surface area (Å²) in [5, 5.41) is 10.7. The Bertz CT molecular complexity index is 995. The zero-order chi connectivity index (χ0) is 19.5. The van der Waals surface area contributed by atoms with Gasteiger partial charge >= 0.3 is 0 Å². The van der Waals surface area contributed by atoms with E-state index in [0.717, 1.165) is 22.4 Å². The van der Waals surface area contributed by atoms with Crippen molar-refractivity contribution in [2.75, 3.05) is 7.11 Å². The van der Waals surface area contributed by atoms with E-state index >= 15 is 0 Å². The molecule has 1 heterocycles. The van der Waals surface area contributed by atoms with Gasteiger partial charge in [0.1, 0.15) is 5.75 Å². The Balaban J connectivity index is 1.76. The van der Waals surface area contributed by atoms with E-state index in [0.29, 0.717) is 12.1 Å². The highest BCUT2D eigenvalue weighted by atomic mass is 16.5. The molecule has 0 saturated carbocycles. The Morgan fingerprint density at radius 2 is 1.50 bits per heavy atom. The number of amides is 1. The largest absolute Gasteiger partial charge is 0.503 e. The van der Waals surface area contributed by atoms with E-state index in [1.807, 2.05) is 84.9 Å². The van der Waals surface area contributed by atoms with Crippen LogP contribution in [0.5, 0.6) is 5.75 Å². The molecule has 4 nitrogen and oxygen atoms in total. The van der Waals surface area contributed by atoms with E-state index in [9.17, 15) is 9.90 Å². The standard InChI is InChI=1S/C24H21NO3/c1-28-20-14-12-17(13-15-20)16-25-22(19-10-6-3-7-11-19)21(23(26)24(25)27)18-8-4-2-5-9-18/h2-15,22,26H,16H2,1H3. The molecule has 0 bridgehead atoms. The lowest BCUT2D eigenvalue weighted by Crippen LogP contribution is -2.29. The second kappa shape index (κ2) is 7.61. The summed E-state index contributed by atoms with van der Waals surface area (Å²) in [4.78, 5) is 14.7. The summed E-state index contributed by atoms with van der Waals surface area (Å²) in [5.41, 5.74) is 3.43. The first-order valence-corrected chi connectivity index (χ1v) is 9.16. The fourth-order valence-corrected chi connectivity index (χ4v) is 3.64. The van der Waals surface area contributed by atoms with Crippen LogP contribution in [0.2, 0.25) is 0 Å². The van der Waals surface area contributed by atoms with Crippen LogP contribution in [0.25, 0.3) is 5.57 Å². The topological polar surface area (TPSA) is 49.8 Å². The number of methoxy groups -OCH3 is 1. The molecule has 1 aliphatic rings. The summed E-state index contributed by atoms with van der Waals surface area (Å²) < 4.78 is 5.21. The number of carbonyl (C=O) groups excluding carboxylic acids is 1. The predicted octanol–water partition coefficient (Wildman–Crippen LogP) is 4.75. The Labute approximate surface area is 164 Å². The molecular formula is C24H21NO3. The van der Waals surface area contributed by atoms with Crippen LogP contribution >= 0.6 is 0 Å². The molecule has 3 aromatic carbocycles. The molecule has 0 radical (unpaired) electrons. The van der Waals surface area contributed by atoms with Crippen molar-refractivity contribution >= 4 is 11.5 Å². The summed E-state index contributed by atoms with van der Waals surface area (Å²) in [6, 6.07) is 26.7. The maximum absolute atomic E-state index is 13.0. The second-order valence-corrected chi connectivity index (χ2v) is 6.72. The van der Waals surface area contributed by atoms with Crippen LogP contribution in [0.1, 0.15) is 22.7 Å². The number of hydrogen-bond acceptors (Lipinski definition) is 3. The van der Waals surface area contributed by atoms with Gasteiger partial charge in [-0.25, -0.2) is 0 Å². The van der Waals surface area contributed by atoms with Crippen molar-refractivity contribution in [3.63, 3.8) is 0 Å². The van der Waals surface area contributed by atoms with Crippen molar-refractivity contribution in [3.8, 4) is 5.75 Å². The van der Waals surface area contributed by atoms with E-state index < -0.39 is 0 Å². The van der Waals surface area contributed by atoms with Gasteiger partial charge in [0, 0.05) is 12.1 Å². The van der Waals surface area contributed by atoms with Crippen LogP contribution in [0.4, 0.5) is 0 Å². The Morgan fingerprint density at radius 3 is 2.11 bits per heavy atom. The molecule has 0 saturated heterocycles. The highest BCUT2D eigenvalue weighted by molar-refractivity contribution is 6.05. The molecule has 28 heavy (non-hydrogen) atoms. The van der Waals surface area contributed by atoms with Gasteiger partial charge in [0.15, 0.2) is 5.76 Å². The minimum absolute atomic E-state index is 0.187. The number of rotatable bonds is 5. The molecule has 0 spiro atoms. The number of benzene rings is 3. The van der Waals surface area contributed by atoms with E-state index in [4.69, 9.17) is 4.74 Å². The van der Waals surface area contributed by atoms with Gasteiger partial charge in [0.05, 0.1) is 13.2 Å². The van der Waals surface area contributed by atoms with E-state index in [-0.39, 0.29) is 17.7 Å². The van der Waals surface area contributed by atoms with Crippen LogP contribution in [-0.2, 0) is 11.3 Å². The van der Waals surface area contributed by atoms with Crippen molar-refractivity contribution in [3.05, 3.63) is 107 Å². The van der Waals surface area contributed by atoms with E-state index in [1.54, 1.807) is 12.0 Å². The molecule has 1 atom stereocenters. The van der Waals surface area contributed by atoms with Crippen LogP contribution in [-0.4, -0.2) is 23.0 Å². The van der Waals surface area contributed by atoms with Gasteiger partial charge in [0.2, 0.25) is 0 Å². The van der Waals surface area contributed by atoms with Gasteiger partial charge in [0.25, 0.3) is 5.91 Å². The van der Waals surface area contributed by atoms with Crippen molar-refractivity contribution in [2.45, 2.75) is 12.6 Å². The smallest absolute Gasteiger partial charge is 0.290 e. The quantitative estimate of drug-likeness (QED) is 0.704. The number of aliphatic hydroxyl groups is 1. The lowest BCUT2D eigenvalue weighted by atomic mass is 9.93. The number of hydrogen-bond donors (Lipinski definition) is 1. The van der Waals surface area contributed by atoms with Gasteiger partial charge in [-0.15, -0.1) is 0 Å². The summed E-state index contributed by atoms with van der Waals surface area (Å²) in [7, 11) is 1.62. The van der Waals surface area contributed by atoms with E-state index in [1.165, 1.54) is 0 Å². The van der Waals surface area contributed by atoms with Gasteiger partial charge in [-0.2, -0.15) is 0 Å². The highest BCUT2D eigenvalue weighted by Crippen LogP contribution is 2.43. The molecule has 0 fully saturated rings. The first-order valence-electron chi connectivity index (χ1n) is 9.16. The molecule has 1 N–H and O–H groups in total. The molecule has 3 aromatic rings. The maximum atomic E-state index is 13.0. The first-order chi connectivity index (χ1) is 13.7. The summed E-state index contributed by atoms with van der Waals surface area (Å²) >= 11 is 0.